The zero-order chi connectivity index (χ0) is 24.6. The molecule has 0 saturated heterocycles. The fourth-order valence-electron chi connectivity index (χ4n) is 4.24. The average molecular weight is 487 g/mol. The van der Waals surface area contributed by atoms with Crippen molar-refractivity contribution in [1.82, 2.24) is 4.90 Å². The molecule has 1 aliphatic rings. The summed E-state index contributed by atoms with van der Waals surface area (Å²) in [5, 5.41) is 2.70. The van der Waals surface area contributed by atoms with E-state index < -0.39 is 35.4 Å². The Bertz CT molecular complexity index is 1280. The van der Waals surface area contributed by atoms with Gasteiger partial charge < -0.3 is 19.7 Å². The van der Waals surface area contributed by atoms with E-state index in [1.54, 1.807) is 12.1 Å². The van der Waals surface area contributed by atoms with Crippen molar-refractivity contribution in [3.05, 3.63) is 87.9 Å². The molecule has 0 spiro atoms. The number of anilines is 1. The molecule has 0 saturated carbocycles. The smallest absolute Gasteiger partial charge is 0.254 e. The molecule has 1 aliphatic heterocycles. The van der Waals surface area contributed by atoms with Crippen molar-refractivity contribution >= 4 is 29.1 Å². The second kappa shape index (κ2) is 9.30. The minimum Gasteiger partial charge on any atom is -0.493 e. The van der Waals surface area contributed by atoms with Crippen molar-refractivity contribution in [2.75, 3.05) is 26.6 Å². The van der Waals surface area contributed by atoms with Crippen LogP contribution in [-0.4, -0.2) is 38.0 Å². The topological polar surface area (TPSA) is 67.9 Å². The monoisotopic (exact) mass is 486 g/mol. The fraction of sp³-hybridized carbons (Fsp3) is 0.200. The van der Waals surface area contributed by atoms with E-state index in [4.69, 9.17) is 21.1 Å². The number of carbonyl (C=O) groups is 2. The van der Waals surface area contributed by atoms with Crippen LogP contribution in [0.25, 0.3) is 0 Å². The van der Waals surface area contributed by atoms with E-state index in [2.05, 4.69) is 5.32 Å². The minimum absolute atomic E-state index is 0.00330. The van der Waals surface area contributed by atoms with Crippen molar-refractivity contribution in [2.24, 2.45) is 0 Å². The van der Waals surface area contributed by atoms with Gasteiger partial charge in [0.25, 0.3) is 5.91 Å². The minimum atomic E-state index is -1.05. The maximum atomic E-state index is 14.9. The van der Waals surface area contributed by atoms with Crippen molar-refractivity contribution in [2.45, 2.75) is 12.0 Å². The Hall–Kier alpha value is -3.65. The van der Waals surface area contributed by atoms with Crippen LogP contribution in [0, 0.1) is 11.6 Å². The van der Waals surface area contributed by atoms with Crippen molar-refractivity contribution in [1.29, 1.82) is 0 Å². The van der Waals surface area contributed by atoms with Gasteiger partial charge in [-0.1, -0.05) is 29.8 Å². The number of benzene rings is 3. The molecule has 176 valence electrons. The van der Waals surface area contributed by atoms with Gasteiger partial charge in [0.1, 0.15) is 11.6 Å². The number of methoxy groups -OCH3 is 2. The van der Waals surface area contributed by atoms with E-state index in [0.29, 0.717) is 17.1 Å². The highest BCUT2D eigenvalue weighted by Crippen LogP contribution is 2.46. The molecule has 4 rings (SSSR count). The van der Waals surface area contributed by atoms with Gasteiger partial charge in [0, 0.05) is 18.2 Å². The van der Waals surface area contributed by atoms with Crippen LogP contribution in [0.4, 0.5) is 14.5 Å². The molecular formula is C25H21ClF2N2O4. The Morgan fingerprint density at radius 2 is 1.68 bits per heavy atom. The maximum absolute atomic E-state index is 14.9. The molecule has 0 aromatic heterocycles. The van der Waals surface area contributed by atoms with E-state index >= 15 is 0 Å². The largest absolute Gasteiger partial charge is 0.493 e. The Balaban J connectivity index is 1.91. The number of rotatable bonds is 5. The second-order valence-electron chi connectivity index (χ2n) is 7.77. The van der Waals surface area contributed by atoms with Gasteiger partial charge in [-0.15, -0.1) is 0 Å². The highest BCUT2D eigenvalue weighted by Gasteiger charge is 2.44. The number of nitrogens with one attached hydrogen (secondary N) is 1. The SMILES string of the molecule is COc1cc2c(cc1OC)[C@@H](C(=O)Nc1ccc(F)cc1Cl)[C@H](c1ccccc1F)N(C)C2=O. The Morgan fingerprint density at radius 3 is 2.32 bits per heavy atom. The highest BCUT2D eigenvalue weighted by atomic mass is 35.5. The van der Waals surface area contributed by atoms with Crippen LogP contribution in [-0.2, 0) is 4.79 Å². The normalized spacial score (nSPS) is 17.2. The molecule has 0 bridgehead atoms. The molecular weight excluding hydrogens is 466 g/mol. The first-order valence-corrected chi connectivity index (χ1v) is 10.7. The lowest BCUT2D eigenvalue weighted by atomic mass is 9.79. The van der Waals surface area contributed by atoms with Gasteiger partial charge in [0.2, 0.25) is 5.91 Å². The zero-order valence-electron chi connectivity index (χ0n) is 18.6. The molecule has 3 aromatic rings. The number of carbonyl (C=O) groups excluding carboxylic acids is 2. The van der Waals surface area contributed by atoms with Gasteiger partial charge in [-0.2, -0.15) is 0 Å². The van der Waals surface area contributed by atoms with Crippen molar-refractivity contribution in [3.8, 4) is 11.5 Å². The van der Waals surface area contributed by atoms with Gasteiger partial charge in [-0.25, -0.2) is 8.78 Å². The van der Waals surface area contributed by atoms with E-state index in [0.717, 1.165) is 12.1 Å². The summed E-state index contributed by atoms with van der Waals surface area (Å²) in [7, 11) is 4.37. The summed E-state index contributed by atoms with van der Waals surface area (Å²) in [5.74, 6) is -2.51. The lowest BCUT2D eigenvalue weighted by molar-refractivity contribution is -0.119. The van der Waals surface area contributed by atoms with Crippen LogP contribution < -0.4 is 14.8 Å². The lowest BCUT2D eigenvalue weighted by Gasteiger charge is -2.40. The van der Waals surface area contributed by atoms with E-state index in [9.17, 15) is 18.4 Å². The van der Waals surface area contributed by atoms with Gasteiger partial charge in [0.15, 0.2) is 11.5 Å². The quantitative estimate of drug-likeness (QED) is 0.539. The average Bonchev–Trinajstić information content (AvgIpc) is 2.82. The summed E-state index contributed by atoms with van der Waals surface area (Å²) in [6, 6.07) is 11.6. The summed E-state index contributed by atoms with van der Waals surface area (Å²) in [6.45, 7) is 0. The molecule has 0 radical (unpaired) electrons. The molecule has 34 heavy (non-hydrogen) atoms. The zero-order valence-corrected chi connectivity index (χ0v) is 19.3. The van der Waals surface area contributed by atoms with Gasteiger partial charge >= 0.3 is 0 Å². The summed E-state index contributed by atoms with van der Waals surface area (Å²) < 4.78 is 39.1. The van der Waals surface area contributed by atoms with Gasteiger partial charge in [-0.05, 0) is 42.0 Å². The highest BCUT2D eigenvalue weighted by molar-refractivity contribution is 6.33. The molecule has 1 heterocycles. The summed E-state index contributed by atoms with van der Waals surface area (Å²) in [4.78, 5) is 28.3. The predicted molar refractivity (Wildman–Crippen MR) is 124 cm³/mol. The van der Waals surface area contributed by atoms with Gasteiger partial charge in [0.05, 0.1) is 36.9 Å². The first-order valence-electron chi connectivity index (χ1n) is 10.3. The second-order valence-corrected chi connectivity index (χ2v) is 8.18. The van der Waals surface area contributed by atoms with Crippen LogP contribution in [0.1, 0.15) is 33.4 Å². The number of hydrogen-bond acceptors (Lipinski definition) is 4. The van der Waals surface area contributed by atoms with Crippen LogP contribution >= 0.6 is 11.6 Å². The van der Waals surface area contributed by atoms with Crippen LogP contribution in [0.15, 0.2) is 54.6 Å². The standard InChI is InChI=1S/C25H21ClF2N2O4/c1-30-23(14-6-4-5-7-18(14)28)22(24(31)29-19-9-8-13(27)10-17(19)26)15-11-20(33-2)21(34-3)12-16(15)25(30)32/h4-12,22-23H,1-3H3,(H,29,31)/t22-,23+/m1/s1. The molecule has 0 aliphatic carbocycles. The number of amides is 2. The molecule has 2 atom stereocenters. The number of nitrogens with zero attached hydrogens (tertiary/aromatic N) is 1. The van der Waals surface area contributed by atoms with Crippen molar-refractivity contribution < 1.29 is 27.8 Å². The van der Waals surface area contributed by atoms with E-state index in [1.807, 2.05) is 0 Å². The summed E-state index contributed by atoms with van der Waals surface area (Å²) in [6.07, 6.45) is 0. The maximum Gasteiger partial charge on any atom is 0.254 e. The molecule has 9 heteroatoms. The summed E-state index contributed by atoms with van der Waals surface area (Å²) >= 11 is 6.11. The molecule has 0 fully saturated rings. The van der Waals surface area contributed by atoms with Crippen LogP contribution in [0.2, 0.25) is 5.02 Å². The Labute approximate surface area is 200 Å². The fourth-order valence-corrected chi connectivity index (χ4v) is 4.45. The third kappa shape index (κ3) is 4.05. The molecule has 0 unspecified atom stereocenters. The number of likely N-dealkylation sites (N-methyl/N-ethyl adjacent to an activating group) is 1. The first-order chi connectivity index (χ1) is 16.3. The Morgan fingerprint density at radius 1 is 1.00 bits per heavy atom. The number of halogens is 3. The van der Waals surface area contributed by atoms with Crippen LogP contribution in [0.3, 0.4) is 0 Å². The number of fused-ring (bicyclic) bond motifs is 1. The molecule has 1 N–H and O–H groups in total. The third-order valence-corrected chi connectivity index (χ3v) is 6.18. The first kappa shape index (κ1) is 23.5. The van der Waals surface area contributed by atoms with E-state index in [1.165, 1.54) is 56.5 Å². The summed E-state index contributed by atoms with van der Waals surface area (Å²) in [5.41, 5.74) is 0.911. The lowest BCUT2D eigenvalue weighted by Crippen LogP contribution is -2.44. The van der Waals surface area contributed by atoms with E-state index in [-0.39, 0.29) is 21.8 Å². The van der Waals surface area contributed by atoms with Crippen molar-refractivity contribution in [3.63, 3.8) is 0 Å². The Kier molecular flexibility index (Phi) is 6.43. The van der Waals surface area contributed by atoms with Gasteiger partial charge in [-0.3, -0.25) is 9.59 Å². The number of hydrogen-bond donors (Lipinski definition) is 1. The molecule has 6 nitrogen and oxygen atoms in total. The predicted octanol–water partition coefficient (Wildman–Crippen LogP) is 5.18. The third-order valence-electron chi connectivity index (χ3n) is 5.87. The number of ether oxygens (including phenoxy) is 2. The molecule has 2 amide bonds. The molecule has 3 aromatic carbocycles. The van der Waals surface area contributed by atoms with Crippen LogP contribution in [0.5, 0.6) is 11.5 Å².